The maximum atomic E-state index is 12.8. The Morgan fingerprint density at radius 3 is 0.817 bits per heavy atom. The summed E-state index contributed by atoms with van der Waals surface area (Å²) >= 11 is 0. The van der Waals surface area contributed by atoms with Crippen LogP contribution in [0.25, 0.3) is 0 Å². The fourth-order valence-electron chi connectivity index (χ4n) is 8.22. The highest BCUT2D eigenvalue weighted by Gasteiger charge is 2.19. The van der Waals surface area contributed by atoms with Gasteiger partial charge in [-0.3, -0.25) is 14.4 Å². The second-order valence-electron chi connectivity index (χ2n) is 19.0. The monoisotopic (exact) mass is 849 g/mol. The van der Waals surface area contributed by atoms with Gasteiger partial charge in [-0.2, -0.15) is 0 Å². The highest BCUT2D eigenvalue weighted by Crippen LogP contribution is 2.17. The number of carbonyl (C=O) groups is 3. The zero-order valence-corrected chi connectivity index (χ0v) is 40.9. The smallest absolute Gasteiger partial charge is 0.306 e. The normalized spacial score (nSPS) is 11.9. The molecule has 0 spiro atoms. The summed E-state index contributed by atoms with van der Waals surface area (Å²) in [7, 11) is 0. The van der Waals surface area contributed by atoms with Gasteiger partial charge in [0.2, 0.25) is 0 Å². The Balaban J connectivity index is 4.25. The lowest BCUT2D eigenvalue weighted by Gasteiger charge is -2.18. The lowest BCUT2D eigenvalue weighted by atomic mass is 10.0. The molecule has 0 saturated heterocycles. The minimum absolute atomic E-state index is 0.0624. The zero-order chi connectivity index (χ0) is 43.8. The second kappa shape index (κ2) is 48.4. The summed E-state index contributed by atoms with van der Waals surface area (Å²) in [5, 5.41) is 0. The van der Waals surface area contributed by atoms with Crippen LogP contribution in [0.4, 0.5) is 0 Å². The first-order valence-corrected chi connectivity index (χ1v) is 26.9. The quantitative estimate of drug-likeness (QED) is 0.0345. The average molecular weight is 849 g/mol. The van der Waals surface area contributed by atoms with Crippen LogP contribution in [-0.2, 0) is 28.6 Å². The van der Waals surface area contributed by atoms with Gasteiger partial charge in [0.1, 0.15) is 13.2 Å². The van der Waals surface area contributed by atoms with Crippen LogP contribution in [0.15, 0.2) is 0 Å². The van der Waals surface area contributed by atoms with Crippen LogP contribution in [0.2, 0.25) is 0 Å². The molecule has 0 aromatic rings. The third kappa shape index (κ3) is 47.5. The molecule has 6 heteroatoms. The molecule has 0 aliphatic rings. The van der Waals surface area contributed by atoms with Gasteiger partial charge in [0.25, 0.3) is 0 Å². The first kappa shape index (κ1) is 58.4. The van der Waals surface area contributed by atoms with E-state index < -0.39 is 6.10 Å². The molecule has 0 bridgehead atoms. The SMILES string of the molecule is CCCCCCCCCCCCCCCCC(=O)O[C@@H](COC(=O)CCCCCCCCCCCC)COC(=O)CCCCCCCCCCCCCCCCCC(C)C. The molecule has 0 radical (unpaired) electrons. The molecule has 356 valence electrons. The number of hydrogen-bond acceptors (Lipinski definition) is 6. The van der Waals surface area contributed by atoms with E-state index >= 15 is 0 Å². The van der Waals surface area contributed by atoms with E-state index in [-0.39, 0.29) is 31.1 Å². The lowest BCUT2D eigenvalue weighted by Crippen LogP contribution is -2.30. The van der Waals surface area contributed by atoms with Gasteiger partial charge in [-0.05, 0) is 25.2 Å². The van der Waals surface area contributed by atoms with E-state index in [1.807, 2.05) is 0 Å². The van der Waals surface area contributed by atoms with Crippen molar-refractivity contribution in [2.24, 2.45) is 5.92 Å². The van der Waals surface area contributed by atoms with Crippen molar-refractivity contribution in [1.82, 2.24) is 0 Å². The molecular formula is C54H104O6. The van der Waals surface area contributed by atoms with Crippen molar-refractivity contribution < 1.29 is 28.6 Å². The van der Waals surface area contributed by atoms with Crippen molar-refractivity contribution in [3.63, 3.8) is 0 Å². The molecule has 0 rings (SSSR count). The van der Waals surface area contributed by atoms with Crippen LogP contribution in [0.3, 0.4) is 0 Å². The predicted octanol–water partition coefficient (Wildman–Crippen LogP) is 17.5. The van der Waals surface area contributed by atoms with Crippen LogP contribution in [0.5, 0.6) is 0 Å². The van der Waals surface area contributed by atoms with Gasteiger partial charge in [-0.15, -0.1) is 0 Å². The first-order valence-electron chi connectivity index (χ1n) is 26.9. The van der Waals surface area contributed by atoms with Gasteiger partial charge in [0.15, 0.2) is 6.10 Å². The Morgan fingerprint density at radius 1 is 0.317 bits per heavy atom. The molecular weight excluding hydrogens is 745 g/mol. The summed E-state index contributed by atoms with van der Waals surface area (Å²) in [6.07, 6.45) is 50.9. The molecule has 0 amide bonds. The molecule has 6 nitrogen and oxygen atoms in total. The van der Waals surface area contributed by atoms with Crippen LogP contribution in [0, 0.1) is 5.92 Å². The zero-order valence-electron chi connectivity index (χ0n) is 40.9. The molecule has 0 unspecified atom stereocenters. The van der Waals surface area contributed by atoms with Gasteiger partial charge >= 0.3 is 17.9 Å². The molecule has 0 aliphatic carbocycles. The van der Waals surface area contributed by atoms with Crippen molar-refractivity contribution in [2.75, 3.05) is 13.2 Å². The molecule has 0 fully saturated rings. The van der Waals surface area contributed by atoms with Crippen molar-refractivity contribution in [2.45, 2.75) is 310 Å². The standard InChI is InChI=1S/C54H104O6/c1-5-7-9-11-13-15-17-18-23-27-31-35-39-43-47-54(57)60-51(48-58-52(55)45-41-37-33-29-16-14-12-10-8-6-2)49-59-53(56)46-42-38-34-30-26-24-21-19-20-22-25-28-32-36-40-44-50(3)4/h50-51H,5-49H2,1-4H3/t51-/m0/s1. The predicted molar refractivity (Wildman–Crippen MR) is 257 cm³/mol. The molecule has 0 N–H and O–H groups in total. The number of rotatable bonds is 49. The Labute approximate surface area is 374 Å². The van der Waals surface area contributed by atoms with E-state index in [1.54, 1.807) is 0 Å². The van der Waals surface area contributed by atoms with Crippen molar-refractivity contribution in [3.8, 4) is 0 Å². The maximum absolute atomic E-state index is 12.8. The van der Waals surface area contributed by atoms with Gasteiger partial charge in [0.05, 0.1) is 0 Å². The van der Waals surface area contributed by atoms with Gasteiger partial charge in [0, 0.05) is 19.3 Å². The highest BCUT2D eigenvalue weighted by molar-refractivity contribution is 5.71. The van der Waals surface area contributed by atoms with E-state index in [0.717, 1.165) is 63.7 Å². The van der Waals surface area contributed by atoms with E-state index in [2.05, 4.69) is 27.7 Å². The van der Waals surface area contributed by atoms with Gasteiger partial charge < -0.3 is 14.2 Å². The molecule has 0 aromatic carbocycles. The summed E-state index contributed by atoms with van der Waals surface area (Å²) in [6, 6.07) is 0. The molecule has 60 heavy (non-hydrogen) atoms. The Morgan fingerprint density at radius 2 is 0.550 bits per heavy atom. The number of esters is 3. The van der Waals surface area contributed by atoms with E-state index in [4.69, 9.17) is 14.2 Å². The van der Waals surface area contributed by atoms with E-state index in [1.165, 1.54) is 199 Å². The largest absolute Gasteiger partial charge is 0.462 e. The maximum Gasteiger partial charge on any atom is 0.306 e. The average Bonchev–Trinajstić information content (AvgIpc) is 3.23. The third-order valence-corrected chi connectivity index (χ3v) is 12.3. The van der Waals surface area contributed by atoms with Crippen molar-refractivity contribution in [1.29, 1.82) is 0 Å². The van der Waals surface area contributed by atoms with Gasteiger partial charge in [-0.1, -0.05) is 265 Å². The first-order chi connectivity index (χ1) is 29.4. The van der Waals surface area contributed by atoms with Crippen LogP contribution in [-0.4, -0.2) is 37.2 Å². The van der Waals surface area contributed by atoms with Crippen molar-refractivity contribution in [3.05, 3.63) is 0 Å². The Hall–Kier alpha value is -1.59. The fourth-order valence-corrected chi connectivity index (χ4v) is 8.22. The molecule has 1 atom stereocenters. The third-order valence-electron chi connectivity index (χ3n) is 12.3. The summed E-state index contributed by atoms with van der Waals surface area (Å²) in [4.78, 5) is 37.9. The van der Waals surface area contributed by atoms with Crippen LogP contribution >= 0.6 is 0 Å². The molecule has 0 aliphatic heterocycles. The topological polar surface area (TPSA) is 78.9 Å². The second-order valence-corrected chi connectivity index (χ2v) is 19.0. The van der Waals surface area contributed by atoms with Crippen molar-refractivity contribution >= 4 is 17.9 Å². The number of carbonyl (C=O) groups excluding carboxylic acids is 3. The minimum atomic E-state index is -0.760. The minimum Gasteiger partial charge on any atom is -0.462 e. The highest BCUT2D eigenvalue weighted by atomic mass is 16.6. The Kier molecular flexibility index (Phi) is 47.2. The van der Waals surface area contributed by atoms with Gasteiger partial charge in [-0.25, -0.2) is 0 Å². The van der Waals surface area contributed by atoms with Crippen LogP contribution in [0.1, 0.15) is 304 Å². The van der Waals surface area contributed by atoms with Crippen LogP contribution < -0.4 is 0 Å². The van der Waals surface area contributed by atoms with E-state index in [0.29, 0.717) is 19.3 Å². The molecule has 0 aromatic heterocycles. The number of hydrogen-bond donors (Lipinski definition) is 0. The summed E-state index contributed by atoms with van der Waals surface area (Å²) in [5.74, 6) is 0.00684. The molecule has 0 heterocycles. The molecule has 0 saturated carbocycles. The summed E-state index contributed by atoms with van der Waals surface area (Å²) in [5.41, 5.74) is 0. The number of unbranched alkanes of at least 4 members (excludes halogenated alkanes) is 36. The van der Waals surface area contributed by atoms with E-state index in [9.17, 15) is 14.4 Å². The summed E-state index contributed by atoms with van der Waals surface area (Å²) < 4.78 is 16.8. The fraction of sp³-hybridized carbons (Fsp3) is 0.944. The number of ether oxygens (including phenoxy) is 3. The lowest BCUT2D eigenvalue weighted by molar-refractivity contribution is -0.167. The Bertz CT molecular complexity index is 903. The summed E-state index contributed by atoms with van der Waals surface area (Å²) in [6.45, 7) is 9.04.